The van der Waals surface area contributed by atoms with Crippen molar-refractivity contribution >= 4 is 5.97 Å². The number of ether oxygens (including phenoxy) is 1. The minimum Gasteiger partial charge on any atom is -0.465 e. The SMILES string of the molecule is CCOC(=O)[C@@H](C#N)c1ccc(C)cn1. The molecule has 0 amide bonds. The zero-order chi connectivity index (χ0) is 11.3. The number of carbonyl (C=O) groups is 1. The number of hydrogen-bond acceptors (Lipinski definition) is 4. The summed E-state index contributed by atoms with van der Waals surface area (Å²) in [6.07, 6.45) is 1.62. The molecule has 78 valence electrons. The number of nitrogens with zero attached hydrogens (tertiary/aromatic N) is 2. The first-order valence-corrected chi connectivity index (χ1v) is 4.67. The Labute approximate surface area is 88.5 Å². The monoisotopic (exact) mass is 204 g/mol. The highest BCUT2D eigenvalue weighted by molar-refractivity contribution is 5.80. The van der Waals surface area contributed by atoms with Crippen LogP contribution in [0, 0.1) is 18.3 Å². The molecule has 0 aliphatic heterocycles. The smallest absolute Gasteiger partial charge is 0.329 e. The van der Waals surface area contributed by atoms with Crippen molar-refractivity contribution in [2.75, 3.05) is 6.61 Å². The highest BCUT2D eigenvalue weighted by atomic mass is 16.5. The van der Waals surface area contributed by atoms with Gasteiger partial charge in [-0.3, -0.25) is 9.78 Å². The van der Waals surface area contributed by atoms with Crippen LogP contribution in [-0.4, -0.2) is 17.6 Å². The fourth-order valence-corrected chi connectivity index (χ4v) is 1.12. The maximum Gasteiger partial charge on any atom is 0.329 e. The number of aryl methyl sites for hydroxylation is 1. The first-order valence-electron chi connectivity index (χ1n) is 4.67. The van der Waals surface area contributed by atoms with Crippen molar-refractivity contribution in [3.63, 3.8) is 0 Å². The van der Waals surface area contributed by atoms with Crippen LogP contribution in [0.25, 0.3) is 0 Å². The predicted octanol–water partition coefficient (Wildman–Crippen LogP) is 1.56. The average Bonchev–Trinajstić information content (AvgIpc) is 2.22. The molecular formula is C11H12N2O2. The van der Waals surface area contributed by atoms with Gasteiger partial charge in [0.15, 0.2) is 5.92 Å². The summed E-state index contributed by atoms with van der Waals surface area (Å²) in [7, 11) is 0. The van der Waals surface area contributed by atoms with Crippen LogP contribution in [0.4, 0.5) is 0 Å². The molecule has 0 saturated heterocycles. The molecule has 1 aromatic rings. The summed E-state index contributed by atoms with van der Waals surface area (Å²) in [6, 6.07) is 5.36. The molecule has 0 saturated carbocycles. The molecule has 0 fully saturated rings. The van der Waals surface area contributed by atoms with Gasteiger partial charge in [0, 0.05) is 6.20 Å². The summed E-state index contributed by atoms with van der Waals surface area (Å²) in [4.78, 5) is 15.4. The summed E-state index contributed by atoms with van der Waals surface area (Å²) in [5.74, 6) is -1.47. The molecule has 0 unspecified atom stereocenters. The molecule has 0 radical (unpaired) electrons. The number of hydrogen-bond donors (Lipinski definition) is 0. The lowest BCUT2D eigenvalue weighted by molar-refractivity contribution is -0.143. The second-order valence-electron chi connectivity index (χ2n) is 3.07. The Kier molecular flexibility index (Phi) is 3.81. The van der Waals surface area contributed by atoms with Crippen molar-refractivity contribution in [1.82, 2.24) is 4.98 Å². The molecule has 0 aliphatic rings. The van der Waals surface area contributed by atoms with Gasteiger partial charge in [0.05, 0.1) is 18.4 Å². The van der Waals surface area contributed by atoms with Crippen LogP contribution in [0.1, 0.15) is 24.1 Å². The second kappa shape index (κ2) is 5.11. The fourth-order valence-electron chi connectivity index (χ4n) is 1.12. The quantitative estimate of drug-likeness (QED) is 0.701. The lowest BCUT2D eigenvalue weighted by Gasteiger charge is -2.07. The number of aromatic nitrogens is 1. The van der Waals surface area contributed by atoms with E-state index in [-0.39, 0.29) is 6.61 Å². The van der Waals surface area contributed by atoms with Crippen molar-refractivity contribution in [1.29, 1.82) is 5.26 Å². The van der Waals surface area contributed by atoms with Gasteiger partial charge in [-0.05, 0) is 25.5 Å². The van der Waals surface area contributed by atoms with E-state index in [0.29, 0.717) is 5.69 Å². The summed E-state index contributed by atoms with van der Waals surface area (Å²) < 4.78 is 4.78. The molecule has 1 heterocycles. The number of pyridine rings is 1. The Morgan fingerprint density at radius 3 is 2.87 bits per heavy atom. The van der Waals surface area contributed by atoms with Gasteiger partial charge >= 0.3 is 5.97 Å². The van der Waals surface area contributed by atoms with Crippen molar-refractivity contribution in [2.45, 2.75) is 19.8 Å². The van der Waals surface area contributed by atoms with E-state index in [2.05, 4.69) is 4.98 Å². The van der Waals surface area contributed by atoms with E-state index in [0.717, 1.165) is 5.56 Å². The molecule has 1 atom stereocenters. The molecule has 15 heavy (non-hydrogen) atoms. The topological polar surface area (TPSA) is 63.0 Å². The molecule has 0 spiro atoms. The Morgan fingerprint density at radius 1 is 1.67 bits per heavy atom. The van der Waals surface area contributed by atoms with Crippen LogP contribution < -0.4 is 0 Å². The van der Waals surface area contributed by atoms with Gasteiger partial charge in [-0.2, -0.15) is 5.26 Å². The molecule has 4 nitrogen and oxygen atoms in total. The van der Waals surface area contributed by atoms with Gasteiger partial charge in [-0.1, -0.05) is 6.07 Å². The lowest BCUT2D eigenvalue weighted by Crippen LogP contribution is -2.15. The van der Waals surface area contributed by atoms with Crippen LogP contribution in [0.15, 0.2) is 18.3 Å². The third kappa shape index (κ3) is 2.78. The summed E-state index contributed by atoms with van der Waals surface area (Å²) >= 11 is 0. The van der Waals surface area contributed by atoms with Crippen LogP contribution in [0.3, 0.4) is 0 Å². The van der Waals surface area contributed by atoms with Crippen molar-refractivity contribution in [3.05, 3.63) is 29.6 Å². The van der Waals surface area contributed by atoms with Gasteiger partial charge in [0.2, 0.25) is 0 Å². The van der Waals surface area contributed by atoms with Gasteiger partial charge in [0.25, 0.3) is 0 Å². The van der Waals surface area contributed by atoms with E-state index in [1.165, 1.54) is 0 Å². The highest BCUT2D eigenvalue weighted by Gasteiger charge is 2.22. The van der Waals surface area contributed by atoms with Crippen LogP contribution in [0.5, 0.6) is 0 Å². The molecule has 4 heteroatoms. The summed E-state index contributed by atoms with van der Waals surface area (Å²) in [5.41, 5.74) is 1.42. The first kappa shape index (κ1) is 11.2. The maximum atomic E-state index is 11.4. The largest absolute Gasteiger partial charge is 0.465 e. The number of rotatable bonds is 3. The van der Waals surface area contributed by atoms with E-state index in [9.17, 15) is 4.79 Å². The van der Waals surface area contributed by atoms with Crippen LogP contribution in [-0.2, 0) is 9.53 Å². The summed E-state index contributed by atoms with van der Waals surface area (Å²) in [5, 5.41) is 8.85. The zero-order valence-electron chi connectivity index (χ0n) is 8.73. The second-order valence-corrected chi connectivity index (χ2v) is 3.07. The third-order valence-electron chi connectivity index (χ3n) is 1.88. The van der Waals surface area contributed by atoms with Crippen molar-refractivity contribution in [2.24, 2.45) is 0 Å². The molecular weight excluding hydrogens is 192 g/mol. The van der Waals surface area contributed by atoms with E-state index in [1.807, 2.05) is 19.1 Å². The number of carbonyl (C=O) groups excluding carboxylic acids is 1. The zero-order valence-corrected chi connectivity index (χ0v) is 8.73. The Balaban J connectivity index is 2.89. The molecule has 1 rings (SSSR count). The van der Waals surface area contributed by atoms with Crippen molar-refractivity contribution < 1.29 is 9.53 Å². The van der Waals surface area contributed by atoms with Crippen LogP contribution in [0.2, 0.25) is 0 Å². The first-order chi connectivity index (χ1) is 7.19. The minimum absolute atomic E-state index is 0.267. The van der Waals surface area contributed by atoms with Gasteiger partial charge in [-0.25, -0.2) is 0 Å². The molecule has 1 aromatic heterocycles. The van der Waals surface area contributed by atoms with Gasteiger partial charge in [0.1, 0.15) is 0 Å². The molecule has 0 bridgehead atoms. The van der Waals surface area contributed by atoms with Gasteiger partial charge < -0.3 is 4.74 Å². The lowest BCUT2D eigenvalue weighted by atomic mass is 10.1. The Bertz CT molecular complexity index is 379. The standard InChI is InChI=1S/C11H12N2O2/c1-3-15-11(14)9(6-12)10-5-4-8(2)7-13-10/h4-5,7,9H,3H2,1-2H3/t9-/m0/s1. The fraction of sp³-hybridized carbons (Fsp3) is 0.364. The van der Waals surface area contributed by atoms with E-state index in [1.54, 1.807) is 19.2 Å². The van der Waals surface area contributed by atoms with E-state index in [4.69, 9.17) is 10.00 Å². The number of esters is 1. The average molecular weight is 204 g/mol. The predicted molar refractivity (Wildman–Crippen MR) is 54.0 cm³/mol. The molecule has 0 aliphatic carbocycles. The van der Waals surface area contributed by atoms with E-state index >= 15 is 0 Å². The Morgan fingerprint density at radius 2 is 2.40 bits per heavy atom. The van der Waals surface area contributed by atoms with Gasteiger partial charge in [-0.15, -0.1) is 0 Å². The Hall–Kier alpha value is -1.89. The third-order valence-corrected chi connectivity index (χ3v) is 1.88. The molecule has 0 N–H and O–H groups in total. The highest BCUT2D eigenvalue weighted by Crippen LogP contribution is 2.14. The maximum absolute atomic E-state index is 11.4. The summed E-state index contributed by atoms with van der Waals surface area (Å²) in [6.45, 7) is 3.86. The number of nitriles is 1. The van der Waals surface area contributed by atoms with E-state index < -0.39 is 11.9 Å². The van der Waals surface area contributed by atoms with Crippen LogP contribution >= 0.6 is 0 Å². The van der Waals surface area contributed by atoms with Crippen molar-refractivity contribution in [3.8, 4) is 6.07 Å². The normalized spacial score (nSPS) is 11.5. The minimum atomic E-state index is -0.925. The molecule has 0 aromatic carbocycles.